The summed E-state index contributed by atoms with van der Waals surface area (Å²) >= 11 is 6.11. The van der Waals surface area contributed by atoms with E-state index in [1.165, 1.54) is 26.4 Å². The Morgan fingerprint density at radius 2 is 1.67 bits per heavy atom. The van der Waals surface area contributed by atoms with Gasteiger partial charge in [-0.1, -0.05) is 29.8 Å². The Morgan fingerprint density at radius 3 is 2.23 bits per heavy atom. The number of nitrogens with one attached hydrogen (secondary N) is 1. The molecule has 2 rings (SSSR count). The van der Waals surface area contributed by atoms with Gasteiger partial charge in [-0.3, -0.25) is 9.10 Å². The number of methoxy groups -OCH3 is 3. The van der Waals surface area contributed by atoms with Crippen LogP contribution in [0.4, 0.5) is 5.69 Å². The van der Waals surface area contributed by atoms with Crippen molar-refractivity contribution in [3.05, 3.63) is 47.0 Å². The molecule has 0 saturated heterocycles. The summed E-state index contributed by atoms with van der Waals surface area (Å²) in [5.41, 5.74) is 0.909. The number of rotatable bonds is 9. The van der Waals surface area contributed by atoms with Crippen LogP contribution < -0.4 is 23.8 Å². The molecule has 2 aromatic carbocycles. The van der Waals surface area contributed by atoms with E-state index in [0.717, 1.165) is 16.1 Å². The fourth-order valence-electron chi connectivity index (χ4n) is 2.94. The number of ether oxygens (including phenoxy) is 3. The Bertz CT molecular complexity index is 1010. The van der Waals surface area contributed by atoms with Crippen LogP contribution in [0.2, 0.25) is 5.02 Å². The number of amides is 1. The Balaban J connectivity index is 2.33. The van der Waals surface area contributed by atoms with Crippen LogP contribution in [0.3, 0.4) is 0 Å². The highest BCUT2D eigenvalue weighted by Gasteiger charge is 2.26. The number of hydrogen-bond acceptors (Lipinski definition) is 6. The van der Waals surface area contributed by atoms with E-state index >= 15 is 0 Å². The fraction of sp³-hybridized carbons (Fsp3) is 0.350. The molecule has 0 fully saturated rings. The molecule has 0 spiro atoms. The highest BCUT2D eigenvalue weighted by molar-refractivity contribution is 7.92. The molecular formula is C20H25ClN2O6S. The third-order valence-corrected chi connectivity index (χ3v) is 5.81. The molecule has 0 bridgehead atoms. The Kier molecular flexibility index (Phi) is 7.80. The van der Waals surface area contributed by atoms with Gasteiger partial charge in [0.15, 0.2) is 0 Å². The maximum atomic E-state index is 12.7. The monoisotopic (exact) mass is 456 g/mol. The van der Waals surface area contributed by atoms with Gasteiger partial charge in [-0.15, -0.1) is 0 Å². The number of nitrogens with zero attached hydrogens (tertiary/aromatic N) is 1. The highest BCUT2D eigenvalue weighted by atomic mass is 35.5. The van der Waals surface area contributed by atoms with Crippen molar-refractivity contribution in [3.63, 3.8) is 0 Å². The highest BCUT2D eigenvalue weighted by Crippen LogP contribution is 2.39. The Hall–Kier alpha value is -2.65. The predicted molar refractivity (Wildman–Crippen MR) is 116 cm³/mol. The second-order valence-electron chi connectivity index (χ2n) is 6.46. The van der Waals surface area contributed by atoms with Crippen molar-refractivity contribution < 1.29 is 27.4 Å². The molecule has 0 heterocycles. The maximum Gasteiger partial charge on any atom is 0.241 e. The van der Waals surface area contributed by atoms with Gasteiger partial charge < -0.3 is 19.5 Å². The Morgan fingerprint density at radius 1 is 1.07 bits per heavy atom. The van der Waals surface area contributed by atoms with Crippen LogP contribution in [0.25, 0.3) is 0 Å². The van der Waals surface area contributed by atoms with E-state index in [1.54, 1.807) is 20.1 Å². The van der Waals surface area contributed by atoms with E-state index in [9.17, 15) is 13.2 Å². The van der Waals surface area contributed by atoms with Gasteiger partial charge in [0, 0.05) is 17.7 Å². The topological polar surface area (TPSA) is 94.2 Å². The first-order valence-electron chi connectivity index (χ1n) is 8.93. The van der Waals surface area contributed by atoms with Crippen molar-refractivity contribution in [1.82, 2.24) is 5.32 Å². The van der Waals surface area contributed by atoms with E-state index in [4.69, 9.17) is 25.8 Å². The van der Waals surface area contributed by atoms with Gasteiger partial charge in [0.2, 0.25) is 15.9 Å². The molecule has 2 aromatic rings. The predicted octanol–water partition coefficient (Wildman–Crippen LogP) is 3.01. The molecule has 0 aromatic heterocycles. The van der Waals surface area contributed by atoms with Gasteiger partial charge >= 0.3 is 0 Å². The minimum absolute atomic E-state index is 0.140. The van der Waals surface area contributed by atoms with Crippen LogP contribution in [-0.4, -0.2) is 48.5 Å². The zero-order valence-corrected chi connectivity index (χ0v) is 19.0. The van der Waals surface area contributed by atoms with Gasteiger partial charge in [-0.05, 0) is 13.0 Å². The summed E-state index contributed by atoms with van der Waals surface area (Å²) in [6, 6.07) is 9.70. The number of halogens is 1. The molecule has 0 aliphatic carbocycles. The second-order valence-corrected chi connectivity index (χ2v) is 8.77. The van der Waals surface area contributed by atoms with Crippen LogP contribution in [0.15, 0.2) is 36.4 Å². The molecule has 164 valence electrons. The summed E-state index contributed by atoms with van der Waals surface area (Å²) in [4.78, 5) is 12.7. The zero-order chi connectivity index (χ0) is 22.5. The lowest BCUT2D eigenvalue weighted by atomic mass is 10.1. The molecule has 1 atom stereocenters. The molecule has 0 radical (unpaired) electrons. The quantitative estimate of drug-likeness (QED) is 0.623. The molecule has 0 aliphatic heterocycles. The molecule has 0 unspecified atom stereocenters. The first-order valence-corrected chi connectivity index (χ1v) is 11.2. The lowest BCUT2D eigenvalue weighted by Crippen LogP contribution is -2.41. The number of anilines is 1. The summed E-state index contributed by atoms with van der Waals surface area (Å²) in [6.07, 6.45) is 1.00. The van der Waals surface area contributed by atoms with E-state index in [1.807, 2.05) is 18.2 Å². The van der Waals surface area contributed by atoms with Crippen molar-refractivity contribution in [3.8, 4) is 17.2 Å². The van der Waals surface area contributed by atoms with Crippen molar-refractivity contribution in [2.75, 3.05) is 38.4 Å². The first-order chi connectivity index (χ1) is 14.1. The van der Waals surface area contributed by atoms with Gasteiger partial charge in [0.1, 0.15) is 23.8 Å². The third-order valence-electron chi connectivity index (χ3n) is 4.39. The molecule has 10 heteroatoms. The summed E-state index contributed by atoms with van der Waals surface area (Å²) in [6.45, 7) is 1.33. The maximum absolute atomic E-state index is 12.7. The summed E-state index contributed by atoms with van der Waals surface area (Å²) < 4.78 is 41.7. The van der Waals surface area contributed by atoms with Crippen LogP contribution in [-0.2, 0) is 14.8 Å². The van der Waals surface area contributed by atoms with Crippen molar-refractivity contribution in [1.29, 1.82) is 0 Å². The average Bonchev–Trinajstić information content (AvgIpc) is 2.71. The zero-order valence-electron chi connectivity index (χ0n) is 17.4. The van der Waals surface area contributed by atoms with E-state index in [-0.39, 0.29) is 22.2 Å². The average molecular weight is 457 g/mol. The van der Waals surface area contributed by atoms with Crippen LogP contribution in [0.5, 0.6) is 17.2 Å². The number of sulfonamides is 1. The van der Waals surface area contributed by atoms with E-state index in [0.29, 0.717) is 5.75 Å². The van der Waals surface area contributed by atoms with Gasteiger partial charge in [0.05, 0.1) is 44.3 Å². The summed E-state index contributed by atoms with van der Waals surface area (Å²) in [5, 5.41) is 3.05. The van der Waals surface area contributed by atoms with E-state index in [2.05, 4.69) is 5.32 Å². The first kappa shape index (κ1) is 23.6. The SMILES string of the molecule is COc1cc(N(CC(=O)N[C@@H](C)c2ccccc2OC)S(C)(=O)=O)c(OC)cc1Cl. The van der Waals surface area contributed by atoms with Gasteiger partial charge in [-0.2, -0.15) is 0 Å². The van der Waals surface area contributed by atoms with Crippen molar-refractivity contribution in [2.45, 2.75) is 13.0 Å². The number of carbonyl (C=O) groups is 1. The number of hydrogen-bond donors (Lipinski definition) is 1. The summed E-state index contributed by atoms with van der Waals surface area (Å²) in [7, 11) is 0.501. The van der Waals surface area contributed by atoms with Gasteiger partial charge in [0.25, 0.3) is 0 Å². The molecule has 1 N–H and O–H groups in total. The van der Waals surface area contributed by atoms with Gasteiger partial charge in [-0.25, -0.2) is 8.42 Å². The number of carbonyl (C=O) groups excluding carboxylic acids is 1. The van der Waals surface area contributed by atoms with Crippen LogP contribution in [0.1, 0.15) is 18.5 Å². The van der Waals surface area contributed by atoms with Crippen molar-refractivity contribution in [2.24, 2.45) is 0 Å². The normalized spacial score (nSPS) is 12.1. The smallest absolute Gasteiger partial charge is 0.241 e. The van der Waals surface area contributed by atoms with E-state index < -0.39 is 28.5 Å². The molecule has 30 heavy (non-hydrogen) atoms. The number of para-hydroxylation sites is 1. The largest absolute Gasteiger partial charge is 0.496 e. The third kappa shape index (κ3) is 5.48. The van der Waals surface area contributed by atoms with Crippen LogP contribution in [0, 0.1) is 0 Å². The summed E-state index contributed by atoms with van der Waals surface area (Å²) in [5.74, 6) is 0.560. The lowest BCUT2D eigenvalue weighted by molar-refractivity contribution is -0.120. The van der Waals surface area contributed by atoms with Crippen LogP contribution >= 0.6 is 11.6 Å². The second kappa shape index (κ2) is 9.90. The van der Waals surface area contributed by atoms with Crippen molar-refractivity contribution >= 4 is 33.2 Å². The lowest BCUT2D eigenvalue weighted by Gasteiger charge is -2.25. The fourth-order valence-corrected chi connectivity index (χ4v) is 4.02. The molecular weight excluding hydrogens is 432 g/mol. The Labute approximate surface area is 181 Å². The molecule has 8 nitrogen and oxygen atoms in total. The minimum atomic E-state index is -3.83. The minimum Gasteiger partial charge on any atom is -0.496 e. The molecule has 0 saturated carbocycles. The molecule has 0 aliphatic rings. The number of benzene rings is 2. The standard InChI is InChI=1S/C20H25ClN2O6S/c1-13(14-8-6-7-9-17(14)27-2)22-20(24)12-23(30(5,25)26)16-11-18(28-3)15(21)10-19(16)29-4/h6-11,13H,12H2,1-5H3,(H,22,24)/t13-/m0/s1. The molecule has 1 amide bonds.